The van der Waals surface area contributed by atoms with Gasteiger partial charge in [-0.25, -0.2) is 4.98 Å². The molecule has 0 aliphatic carbocycles. The fraction of sp³-hybridized carbons (Fsp3) is 0.273. The lowest BCUT2D eigenvalue weighted by Gasteiger charge is -2.20. The van der Waals surface area contributed by atoms with E-state index in [9.17, 15) is 0 Å². The highest BCUT2D eigenvalue weighted by molar-refractivity contribution is 9.09. The molecule has 1 aromatic carbocycles. The first-order chi connectivity index (χ1) is 7.90. The molecule has 0 amide bonds. The van der Waals surface area contributed by atoms with Gasteiger partial charge in [0.05, 0.1) is 0 Å². The molecule has 0 aliphatic rings. The number of benzene rings is 1. The molecule has 1 heterocycles. The Bertz CT molecular complexity index is 404. The van der Waals surface area contributed by atoms with Crippen LogP contribution in [0.15, 0.2) is 36.7 Å². The monoisotopic (exact) mass is 297 g/mol. The van der Waals surface area contributed by atoms with Gasteiger partial charge in [-0.2, -0.15) is 4.37 Å². The molecule has 0 N–H and O–H groups in total. The first-order valence-electron chi connectivity index (χ1n) is 5.01. The van der Waals surface area contributed by atoms with Crippen molar-refractivity contribution in [3.05, 3.63) is 42.2 Å². The van der Waals surface area contributed by atoms with E-state index in [2.05, 4.69) is 54.5 Å². The first kappa shape index (κ1) is 11.5. The van der Waals surface area contributed by atoms with Gasteiger partial charge < -0.3 is 4.90 Å². The Morgan fingerprint density at radius 2 is 2.06 bits per heavy atom. The number of rotatable bonds is 5. The Balaban J connectivity index is 2.09. The van der Waals surface area contributed by atoms with E-state index in [1.807, 2.05) is 6.07 Å². The molecule has 0 radical (unpaired) electrons. The van der Waals surface area contributed by atoms with E-state index >= 15 is 0 Å². The molecule has 1 aromatic heterocycles. The molecule has 0 aliphatic heterocycles. The molecule has 0 bridgehead atoms. The van der Waals surface area contributed by atoms with Crippen LogP contribution < -0.4 is 4.90 Å². The van der Waals surface area contributed by atoms with Crippen molar-refractivity contribution in [2.75, 3.05) is 16.8 Å². The molecule has 5 heteroatoms. The van der Waals surface area contributed by atoms with Gasteiger partial charge in [-0.3, -0.25) is 0 Å². The number of hydrogen-bond acceptors (Lipinski definition) is 4. The molecular weight excluding hydrogens is 286 g/mol. The summed E-state index contributed by atoms with van der Waals surface area (Å²) >= 11 is 4.90. The summed E-state index contributed by atoms with van der Waals surface area (Å²) < 4.78 is 4.04. The van der Waals surface area contributed by atoms with Gasteiger partial charge in [0.1, 0.15) is 6.33 Å². The van der Waals surface area contributed by atoms with E-state index < -0.39 is 0 Å². The largest absolute Gasteiger partial charge is 0.342 e. The molecule has 2 aromatic rings. The molecule has 16 heavy (non-hydrogen) atoms. The fourth-order valence-corrected chi connectivity index (χ4v) is 2.44. The standard InChI is InChI=1S/C11H12BrN3S/c12-6-7-15(11-13-9-14-16-11)8-10-4-2-1-3-5-10/h1-5,9H,6-8H2. The highest BCUT2D eigenvalue weighted by Crippen LogP contribution is 2.17. The summed E-state index contributed by atoms with van der Waals surface area (Å²) in [5.41, 5.74) is 1.29. The van der Waals surface area contributed by atoms with Crippen LogP contribution in [0.4, 0.5) is 5.13 Å². The lowest BCUT2D eigenvalue weighted by Crippen LogP contribution is -2.24. The van der Waals surface area contributed by atoms with Crippen LogP contribution in [0, 0.1) is 0 Å². The predicted molar refractivity (Wildman–Crippen MR) is 71.2 cm³/mol. The van der Waals surface area contributed by atoms with Gasteiger partial charge >= 0.3 is 0 Å². The zero-order valence-electron chi connectivity index (χ0n) is 8.71. The lowest BCUT2D eigenvalue weighted by atomic mass is 10.2. The topological polar surface area (TPSA) is 29.0 Å². The van der Waals surface area contributed by atoms with Gasteiger partial charge in [0.25, 0.3) is 0 Å². The van der Waals surface area contributed by atoms with E-state index in [1.54, 1.807) is 6.33 Å². The van der Waals surface area contributed by atoms with Crippen LogP contribution in [0.1, 0.15) is 5.56 Å². The SMILES string of the molecule is BrCCN(Cc1ccccc1)c1ncns1. The summed E-state index contributed by atoms with van der Waals surface area (Å²) in [6, 6.07) is 10.4. The Labute approximate surface area is 107 Å². The van der Waals surface area contributed by atoms with Crippen LogP contribution in [-0.4, -0.2) is 21.2 Å². The minimum atomic E-state index is 0.877. The fourth-order valence-electron chi connectivity index (χ4n) is 1.45. The van der Waals surface area contributed by atoms with Crippen molar-refractivity contribution >= 4 is 32.6 Å². The van der Waals surface area contributed by atoms with E-state index in [4.69, 9.17) is 0 Å². The molecule has 0 spiro atoms. The maximum absolute atomic E-state index is 4.24. The highest BCUT2D eigenvalue weighted by Gasteiger charge is 2.09. The van der Waals surface area contributed by atoms with Crippen LogP contribution in [0.3, 0.4) is 0 Å². The minimum absolute atomic E-state index is 0.877. The second-order valence-corrected chi connectivity index (χ2v) is 4.87. The van der Waals surface area contributed by atoms with Crippen molar-refractivity contribution < 1.29 is 0 Å². The smallest absolute Gasteiger partial charge is 0.205 e. The van der Waals surface area contributed by atoms with E-state index in [1.165, 1.54) is 17.1 Å². The average molecular weight is 298 g/mol. The van der Waals surface area contributed by atoms with Crippen LogP contribution in [-0.2, 0) is 6.54 Å². The van der Waals surface area contributed by atoms with Crippen molar-refractivity contribution in [1.29, 1.82) is 0 Å². The number of aromatic nitrogens is 2. The highest BCUT2D eigenvalue weighted by atomic mass is 79.9. The number of hydrogen-bond donors (Lipinski definition) is 0. The van der Waals surface area contributed by atoms with Crippen LogP contribution in [0.25, 0.3) is 0 Å². The maximum atomic E-state index is 4.24. The van der Waals surface area contributed by atoms with Crippen LogP contribution in [0.2, 0.25) is 0 Å². The Morgan fingerprint density at radius 3 is 2.69 bits per heavy atom. The first-order valence-corrected chi connectivity index (χ1v) is 6.91. The van der Waals surface area contributed by atoms with Crippen LogP contribution >= 0.6 is 27.5 Å². The van der Waals surface area contributed by atoms with Crippen LogP contribution in [0.5, 0.6) is 0 Å². The zero-order valence-corrected chi connectivity index (χ0v) is 11.1. The van der Waals surface area contributed by atoms with E-state index in [0.29, 0.717) is 0 Å². The summed E-state index contributed by atoms with van der Waals surface area (Å²) in [7, 11) is 0. The molecule has 84 valence electrons. The summed E-state index contributed by atoms with van der Waals surface area (Å²) in [5.74, 6) is 0. The minimum Gasteiger partial charge on any atom is -0.342 e. The Morgan fingerprint density at radius 1 is 1.25 bits per heavy atom. The summed E-state index contributed by atoms with van der Waals surface area (Å²) in [6.07, 6.45) is 1.60. The molecule has 0 unspecified atom stereocenters. The number of alkyl halides is 1. The molecule has 0 saturated carbocycles. The zero-order chi connectivity index (χ0) is 11.2. The van der Waals surface area contributed by atoms with Crippen molar-refractivity contribution in [3.8, 4) is 0 Å². The molecule has 0 atom stereocenters. The van der Waals surface area contributed by atoms with Crippen molar-refractivity contribution in [1.82, 2.24) is 9.36 Å². The van der Waals surface area contributed by atoms with E-state index in [0.717, 1.165) is 23.6 Å². The second-order valence-electron chi connectivity index (χ2n) is 3.32. The third-order valence-electron chi connectivity index (χ3n) is 2.19. The van der Waals surface area contributed by atoms with Crippen molar-refractivity contribution in [2.24, 2.45) is 0 Å². The summed E-state index contributed by atoms with van der Waals surface area (Å²) in [6.45, 7) is 1.81. The number of anilines is 1. The van der Waals surface area contributed by atoms with Gasteiger partial charge in [0.15, 0.2) is 0 Å². The number of halogens is 1. The Hall–Kier alpha value is -0.940. The van der Waals surface area contributed by atoms with Gasteiger partial charge in [0.2, 0.25) is 5.13 Å². The number of nitrogens with zero attached hydrogens (tertiary/aromatic N) is 3. The van der Waals surface area contributed by atoms with E-state index in [-0.39, 0.29) is 0 Å². The second kappa shape index (κ2) is 5.96. The molecule has 3 nitrogen and oxygen atoms in total. The maximum Gasteiger partial charge on any atom is 0.205 e. The quantitative estimate of drug-likeness (QED) is 0.795. The van der Waals surface area contributed by atoms with Gasteiger partial charge in [-0.1, -0.05) is 46.3 Å². The van der Waals surface area contributed by atoms with Gasteiger partial charge in [-0.15, -0.1) is 0 Å². The predicted octanol–water partition coefficient (Wildman–Crippen LogP) is 2.94. The molecule has 0 fully saturated rings. The average Bonchev–Trinajstić information content (AvgIpc) is 2.83. The third-order valence-corrected chi connectivity index (χ3v) is 3.27. The van der Waals surface area contributed by atoms with Crippen molar-refractivity contribution in [2.45, 2.75) is 6.54 Å². The molecule has 0 saturated heterocycles. The normalized spacial score (nSPS) is 10.3. The van der Waals surface area contributed by atoms with Crippen molar-refractivity contribution in [3.63, 3.8) is 0 Å². The summed E-state index contributed by atoms with van der Waals surface area (Å²) in [4.78, 5) is 6.47. The third kappa shape index (κ3) is 3.02. The lowest BCUT2D eigenvalue weighted by molar-refractivity contribution is 0.834. The van der Waals surface area contributed by atoms with Gasteiger partial charge in [0, 0.05) is 30.0 Å². The Kier molecular flexibility index (Phi) is 4.30. The molecule has 2 rings (SSSR count). The molecular formula is C11H12BrN3S. The van der Waals surface area contributed by atoms with Gasteiger partial charge in [-0.05, 0) is 5.56 Å². The summed E-state index contributed by atoms with van der Waals surface area (Å²) in [5, 5.41) is 1.91.